The Morgan fingerprint density at radius 2 is 2.05 bits per heavy atom. The molecule has 1 saturated carbocycles. The van der Waals surface area contributed by atoms with E-state index < -0.39 is 0 Å². The molecule has 1 aromatic rings. The van der Waals surface area contributed by atoms with Crippen LogP contribution in [0.2, 0.25) is 0 Å². The maximum Gasteiger partial charge on any atom is 0.0710 e. The molecule has 1 saturated heterocycles. The first-order valence-electron chi connectivity index (χ1n) is 7.69. The van der Waals surface area contributed by atoms with Crippen molar-refractivity contribution in [3.63, 3.8) is 0 Å². The summed E-state index contributed by atoms with van der Waals surface area (Å²) in [6, 6.07) is 4.74. The van der Waals surface area contributed by atoms with E-state index in [1.54, 1.807) is 4.88 Å². The highest BCUT2D eigenvalue weighted by Gasteiger charge is 2.23. The number of nitrogens with zero attached hydrogens (tertiary/aromatic N) is 1. The van der Waals surface area contributed by atoms with E-state index in [2.05, 4.69) is 28.4 Å². The lowest BCUT2D eigenvalue weighted by molar-refractivity contribution is 0.107. The van der Waals surface area contributed by atoms with Gasteiger partial charge >= 0.3 is 0 Å². The zero-order chi connectivity index (χ0) is 13.1. The molecule has 0 spiro atoms. The van der Waals surface area contributed by atoms with Crippen molar-refractivity contribution in [3.05, 3.63) is 21.9 Å². The summed E-state index contributed by atoms with van der Waals surface area (Å²) in [4.78, 5) is 5.71. The summed E-state index contributed by atoms with van der Waals surface area (Å²) >= 11 is 2.05. The lowest BCUT2D eigenvalue weighted by Crippen LogP contribution is -2.21. The lowest BCUT2D eigenvalue weighted by Gasteiger charge is -2.20. The van der Waals surface area contributed by atoms with Crippen LogP contribution in [0.15, 0.2) is 12.1 Å². The second kappa shape index (κ2) is 6.38. The largest absolute Gasteiger partial charge is 0.380 e. The first-order chi connectivity index (χ1) is 9.35. The molecule has 1 aliphatic heterocycles. The normalized spacial score (nSPS) is 26.1. The Kier molecular flexibility index (Phi) is 4.57. The number of ether oxygens (including phenoxy) is 1. The van der Waals surface area contributed by atoms with Crippen LogP contribution in [0.4, 0.5) is 0 Å². The molecule has 3 heteroatoms. The summed E-state index contributed by atoms with van der Waals surface area (Å²) in [5, 5.41) is 0. The number of likely N-dealkylation sites (tertiary alicyclic amines) is 1. The maximum absolute atomic E-state index is 5.44. The number of thiophene rings is 1. The van der Waals surface area contributed by atoms with Crippen molar-refractivity contribution < 1.29 is 4.74 Å². The van der Waals surface area contributed by atoms with E-state index in [4.69, 9.17) is 4.74 Å². The van der Waals surface area contributed by atoms with Crippen molar-refractivity contribution >= 4 is 11.3 Å². The van der Waals surface area contributed by atoms with Crippen LogP contribution >= 0.6 is 11.3 Å². The molecule has 1 aromatic heterocycles. The van der Waals surface area contributed by atoms with Crippen molar-refractivity contribution in [2.75, 3.05) is 20.2 Å². The second-order valence-electron chi connectivity index (χ2n) is 6.02. The molecule has 2 aliphatic rings. The third-order valence-electron chi connectivity index (χ3n) is 4.63. The van der Waals surface area contributed by atoms with Gasteiger partial charge in [0.25, 0.3) is 0 Å². The van der Waals surface area contributed by atoms with Gasteiger partial charge in [0.15, 0.2) is 0 Å². The minimum Gasteiger partial charge on any atom is -0.380 e. The molecule has 2 heterocycles. The minimum absolute atomic E-state index is 0.456. The maximum atomic E-state index is 5.44. The van der Waals surface area contributed by atoms with Gasteiger partial charge in [0.05, 0.1) is 6.10 Å². The zero-order valence-corrected chi connectivity index (χ0v) is 12.8. The van der Waals surface area contributed by atoms with Crippen LogP contribution in [0.1, 0.15) is 54.2 Å². The summed E-state index contributed by atoms with van der Waals surface area (Å²) < 4.78 is 5.44. The molecule has 2 nitrogen and oxygen atoms in total. The van der Waals surface area contributed by atoms with E-state index in [1.807, 2.05) is 7.11 Å². The van der Waals surface area contributed by atoms with Crippen LogP contribution < -0.4 is 0 Å². The zero-order valence-electron chi connectivity index (χ0n) is 11.9. The number of hydrogen-bond acceptors (Lipinski definition) is 3. The predicted octanol–water partition coefficient (Wildman–Crippen LogP) is 4.02. The van der Waals surface area contributed by atoms with Gasteiger partial charge in [-0.25, -0.2) is 0 Å². The molecule has 0 unspecified atom stereocenters. The van der Waals surface area contributed by atoms with E-state index in [0.29, 0.717) is 6.10 Å². The van der Waals surface area contributed by atoms with Gasteiger partial charge in [-0.15, -0.1) is 11.3 Å². The minimum atomic E-state index is 0.456. The van der Waals surface area contributed by atoms with E-state index in [1.165, 1.54) is 49.9 Å². The Labute approximate surface area is 120 Å². The molecular weight excluding hydrogens is 254 g/mol. The molecule has 0 bridgehead atoms. The summed E-state index contributed by atoms with van der Waals surface area (Å²) in [7, 11) is 1.83. The van der Waals surface area contributed by atoms with Crippen LogP contribution in [-0.2, 0) is 11.3 Å². The highest BCUT2D eigenvalue weighted by atomic mass is 32.1. The molecule has 2 fully saturated rings. The van der Waals surface area contributed by atoms with Gasteiger partial charge in [-0.2, -0.15) is 0 Å². The third-order valence-corrected chi connectivity index (χ3v) is 5.86. The van der Waals surface area contributed by atoms with Crippen LogP contribution in [-0.4, -0.2) is 31.2 Å². The molecule has 1 atom stereocenters. The monoisotopic (exact) mass is 279 g/mol. The summed E-state index contributed by atoms with van der Waals surface area (Å²) in [6.45, 7) is 3.42. The van der Waals surface area contributed by atoms with E-state index in [0.717, 1.165) is 19.0 Å². The van der Waals surface area contributed by atoms with Crippen molar-refractivity contribution in [2.24, 2.45) is 0 Å². The van der Waals surface area contributed by atoms with Crippen molar-refractivity contribution in [2.45, 2.75) is 57.1 Å². The van der Waals surface area contributed by atoms with E-state index in [-0.39, 0.29) is 0 Å². The summed E-state index contributed by atoms with van der Waals surface area (Å²) in [6.07, 6.45) is 8.78. The molecule has 0 N–H and O–H groups in total. The standard InChI is InChI=1S/C16H25NOS/c1-18-14-9-10-17(11-14)12-15-7-8-16(19-15)13-5-3-2-4-6-13/h7-8,13-14H,2-6,9-12H2,1H3/t14-/m1/s1. The molecule has 0 radical (unpaired) electrons. The molecule has 3 rings (SSSR count). The Balaban J connectivity index is 1.56. The molecule has 0 aromatic carbocycles. The fraction of sp³-hybridized carbons (Fsp3) is 0.750. The summed E-state index contributed by atoms with van der Waals surface area (Å²) in [5.41, 5.74) is 0. The number of rotatable bonds is 4. The van der Waals surface area contributed by atoms with Crippen molar-refractivity contribution in [1.82, 2.24) is 4.90 Å². The Bertz CT molecular complexity index is 397. The average molecular weight is 279 g/mol. The average Bonchev–Trinajstić information content (AvgIpc) is 3.09. The highest BCUT2D eigenvalue weighted by molar-refractivity contribution is 7.12. The van der Waals surface area contributed by atoms with Gasteiger partial charge < -0.3 is 4.74 Å². The van der Waals surface area contributed by atoms with Gasteiger partial charge in [-0.05, 0) is 37.3 Å². The Morgan fingerprint density at radius 1 is 1.21 bits per heavy atom. The Morgan fingerprint density at radius 3 is 2.79 bits per heavy atom. The first kappa shape index (κ1) is 13.6. The number of hydrogen-bond donors (Lipinski definition) is 0. The van der Waals surface area contributed by atoms with Gasteiger partial charge in [-0.1, -0.05) is 19.3 Å². The topological polar surface area (TPSA) is 12.5 Å². The van der Waals surface area contributed by atoms with Crippen molar-refractivity contribution in [1.29, 1.82) is 0 Å². The van der Waals surface area contributed by atoms with Crippen LogP contribution in [0, 0.1) is 0 Å². The predicted molar refractivity (Wildman–Crippen MR) is 80.8 cm³/mol. The van der Waals surface area contributed by atoms with Crippen LogP contribution in [0.25, 0.3) is 0 Å². The van der Waals surface area contributed by atoms with Crippen LogP contribution in [0.3, 0.4) is 0 Å². The smallest absolute Gasteiger partial charge is 0.0710 e. The highest BCUT2D eigenvalue weighted by Crippen LogP contribution is 2.36. The summed E-state index contributed by atoms with van der Waals surface area (Å²) in [5.74, 6) is 0.859. The van der Waals surface area contributed by atoms with Gasteiger partial charge in [0, 0.05) is 36.5 Å². The molecule has 106 valence electrons. The lowest BCUT2D eigenvalue weighted by atomic mass is 9.88. The molecule has 0 amide bonds. The van der Waals surface area contributed by atoms with E-state index >= 15 is 0 Å². The van der Waals surface area contributed by atoms with E-state index in [9.17, 15) is 0 Å². The fourth-order valence-corrected chi connectivity index (χ4v) is 4.66. The van der Waals surface area contributed by atoms with Crippen LogP contribution in [0.5, 0.6) is 0 Å². The molecular formula is C16H25NOS. The quantitative estimate of drug-likeness (QED) is 0.825. The Hall–Kier alpha value is -0.380. The molecule has 19 heavy (non-hydrogen) atoms. The first-order valence-corrected chi connectivity index (χ1v) is 8.50. The third kappa shape index (κ3) is 3.39. The van der Waals surface area contributed by atoms with Gasteiger partial charge in [-0.3, -0.25) is 4.90 Å². The second-order valence-corrected chi connectivity index (χ2v) is 7.22. The molecule has 1 aliphatic carbocycles. The van der Waals surface area contributed by atoms with Gasteiger partial charge in [0.1, 0.15) is 0 Å². The SMILES string of the molecule is CO[C@@H]1CCN(Cc2ccc(C3CCCCC3)s2)C1. The number of methoxy groups -OCH3 is 1. The van der Waals surface area contributed by atoms with Gasteiger partial charge in [0.2, 0.25) is 0 Å². The van der Waals surface area contributed by atoms with Crippen molar-refractivity contribution in [3.8, 4) is 0 Å². The fourth-order valence-electron chi connectivity index (χ4n) is 3.44.